The smallest absolute Gasteiger partial charge is 0.159 e. The zero-order valence-corrected chi connectivity index (χ0v) is 23.4. The summed E-state index contributed by atoms with van der Waals surface area (Å²) >= 11 is 0. The van der Waals surface area contributed by atoms with Crippen molar-refractivity contribution >= 4 is 60.9 Å². The number of anilines is 3. The van der Waals surface area contributed by atoms with Crippen molar-refractivity contribution in [2.75, 3.05) is 4.90 Å². The Kier molecular flexibility index (Phi) is 4.67. The van der Waals surface area contributed by atoms with E-state index >= 15 is 0 Å². The molecule has 0 spiro atoms. The average molecular weight is 542 g/mol. The van der Waals surface area contributed by atoms with E-state index in [1.54, 1.807) is 0 Å². The van der Waals surface area contributed by atoms with Crippen LogP contribution < -0.4 is 4.90 Å². The summed E-state index contributed by atoms with van der Waals surface area (Å²) < 4.78 is 12.7. The van der Waals surface area contributed by atoms with Crippen molar-refractivity contribution in [1.82, 2.24) is 0 Å². The van der Waals surface area contributed by atoms with Gasteiger partial charge in [-0.1, -0.05) is 98.8 Å². The van der Waals surface area contributed by atoms with Gasteiger partial charge in [0.05, 0.1) is 11.4 Å². The first-order valence-corrected chi connectivity index (χ1v) is 14.4. The van der Waals surface area contributed by atoms with Crippen LogP contribution >= 0.6 is 0 Å². The second kappa shape index (κ2) is 8.37. The lowest BCUT2D eigenvalue weighted by molar-refractivity contribution is 0.624. The molecule has 0 unspecified atom stereocenters. The Hall–Kier alpha value is -5.28. The minimum absolute atomic E-state index is 0.182. The molecule has 0 saturated carbocycles. The van der Waals surface area contributed by atoms with Gasteiger partial charge in [-0.3, -0.25) is 0 Å². The molecule has 1 aliphatic heterocycles. The van der Waals surface area contributed by atoms with E-state index in [2.05, 4.69) is 128 Å². The molecule has 3 nitrogen and oxygen atoms in total. The van der Waals surface area contributed by atoms with E-state index in [-0.39, 0.29) is 5.41 Å². The summed E-state index contributed by atoms with van der Waals surface area (Å²) in [5.74, 6) is 0. The topological polar surface area (TPSA) is 29.5 Å². The van der Waals surface area contributed by atoms with Gasteiger partial charge in [0.15, 0.2) is 5.58 Å². The number of para-hydroxylation sites is 3. The molecular weight excluding hydrogens is 514 g/mol. The first-order valence-electron chi connectivity index (χ1n) is 14.4. The first-order chi connectivity index (χ1) is 20.6. The molecule has 1 aliphatic rings. The van der Waals surface area contributed by atoms with Crippen molar-refractivity contribution in [1.29, 1.82) is 0 Å². The van der Waals surface area contributed by atoms with E-state index in [1.165, 1.54) is 27.9 Å². The van der Waals surface area contributed by atoms with Crippen LogP contribution in [-0.4, -0.2) is 0 Å². The molecule has 0 aliphatic carbocycles. The average Bonchev–Trinajstić information content (AvgIpc) is 3.60. The zero-order valence-electron chi connectivity index (χ0n) is 23.4. The largest absolute Gasteiger partial charge is 0.456 e. The number of rotatable bonds is 2. The fourth-order valence-corrected chi connectivity index (χ4v) is 6.94. The predicted octanol–water partition coefficient (Wildman–Crippen LogP) is 11.3. The monoisotopic (exact) mass is 541 g/mol. The van der Waals surface area contributed by atoms with Gasteiger partial charge in [-0.2, -0.15) is 0 Å². The molecule has 8 aromatic rings. The van der Waals surface area contributed by atoms with Crippen molar-refractivity contribution in [3.8, 4) is 11.1 Å². The van der Waals surface area contributed by atoms with E-state index in [0.29, 0.717) is 0 Å². The molecule has 0 saturated heterocycles. The molecular formula is C39H27NO2. The third-order valence-corrected chi connectivity index (χ3v) is 9.07. The highest BCUT2D eigenvalue weighted by Gasteiger charge is 2.38. The van der Waals surface area contributed by atoms with Gasteiger partial charge in [-0.05, 0) is 64.7 Å². The van der Waals surface area contributed by atoms with Crippen LogP contribution in [-0.2, 0) is 5.41 Å². The minimum Gasteiger partial charge on any atom is -0.456 e. The van der Waals surface area contributed by atoms with Crippen LogP contribution in [0.1, 0.15) is 25.0 Å². The molecule has 200 valence electrons. The maximum atomic E-state index is 6.62. The second-order valence-electron chi connectivity index (χ2n) is 11.8. The van der Waals surface area contributed by atoms with Gasteiger partial charge in [-0.15, -0.1) is 0 Å². The summed E-state index contributed by atoms with van der Waals surface area (Å²) in [7, 11) is 0. The molecule has 2 aromatic heterocycles. The van der Waals surface area contributed by atoms with Crippen molar-refractivity contribution in [3.05, 3.63) is 139 Å². The predicted molar refractivity (Wildman–Crippen MR) is 173 cm³/mol. The zero-order chi connectivity index (χ0) is 28.0. The van der Waals surface area contributed by atoms with Crippen LogP contribution in [0, 0.1) is 0 Å². The van der Waals surface area contributed by atoms with Gasteiger partial charge < -0.3 is 13.7 Å². The number of fused-ring (bicyclic) bond motifs is 9. The van der Waals surface area contributed by atoms with Gasteiger partial charge in [-0.25, -0.2) is 0 Å². The SMILES string of the molecule is CC1(C)c2ccccc2N(c2ccc(-c3ccc4oc5ccccc5c4c3)cc2)c2c1ccc1c2oc2ccccc21. The van der Waals surface area contributed by atoms with Gasteiger partial charge in [0.1, 0.15) is 16.7 Å². The van der Waals surface area contributed by atoms with Crippen molar-refractivity contribution in [2.45, 2.75) is 19.3 Å². The highest BCUT2D eigenvalue weighted by atomic mass is 16.3. The molecule has 0 fully saturated rings. The van der Waals surface area contributed by atoms with Crippen molar-refractivity contribution in [2.24, 2.45) is 0 Å². The number of hydrogen-bond acceptors (Lipinski definition) is 3. The number of nitrogens with zero attached hydrogens (tertiary/aromatic N) is 1. The summed E-state index contributed by atoms with van der Waals surface area (Å²) in [6, 6.07) is 45.2. The summed E-state index contributed by atoms with van der Waals surface area (Å²) in [5.41, 5.74) is 11.8. The Balaban J connectivity index is 1.24. The molecule has 0 N–H and O–H groups in total. The third kappa shape index (κ3) is 3.16. The van der Waals surface area contributed by atoms with E-state index < -0.39 is 0 Å². The van der Waals surface area contributed by atoms with E-state index in [1.807, 2.05) is 18.2 Å². The van der Waals surface area contributed by atoms with Crippen LogP contribution in [0.3, 0.4) is 0 Å². The van der Waals surface area contributed by atoms with Crippen LogP contribution in [0.15, 0.2) is 136 Å². The second-order valence-corrected chi connectivity index (χ2v) is 11.8. The quantitative estimate of drug-likeness (QED) is 0.218. The lowest BCUT2D eigenvalue weighted by atomic mass is 9.73. The van der Waals surface area contributed by atoms with Gasteiger partial charge in [0.25, 0.3) is 0 Å². The molecule has 3 heteroatoms. The van der Waals surface area contributed by atoms with Gasteiger partial charge >= 0.3 is 0 Å². The number of furan rings is 2. The molecule has 42 heavy (non-hydrogen) atoms. The Morgan fingerprint density at radius 3 is 1.95 bits per heavy atom. The summed E-state index contributed by atoms with van der Waals surface area (Å²) in [5, 5.41) is 4.57. The van der Waals surface area contributed by atoms with Crippen molar-refractivity contribution < 1.29 is 8.83 Å². The van der Waals surface area contributed by atoms with Crippen LogP contribution in [0.4, 0.5) is 17.1 Å². The Morgan fingerprint density at radius 2 is 1.14 bits per heavy atom. The molecule has 6 aromatic carbocycles. The molecule has 0 amide bonds. The molecule has 0 radical (unpaired) electrons. The summed E-state index contributed by atoms with van der Waals surface area (Å²) in [6.07, 6.45) is 0. The number of hydrogen-bond donors (Lipinski definition) is 0. The van der Waals surface area contributed by atoms with Crippen molar-refractivity contribution in [3.63, 3.8) is 0 Å². The highest BCUT2D eigenvalue weighted by molar-refractivity contribution is 6.12. The minimum atomic E-state index is -0.182. The first kappa shape index (κ1) is 23.4. The lowest BCUT2D eigenvalue weighted by Crippen LogP contribution is -2.30. The fraction of sp³-hybridized carbons (Fsp3) is 0.0769. The Labute approximate surface area is 243 Å². The molecule has 0 bridgehead atoms. The number of benzene rings is 6. The summed E-state index contributed by atoms with van der Waals surface area (Å²) in [4.78, 5) is 2.39. The van der Waals surface area contributed by atoms with Gasteiger partial charge in [0.2, 0.25) is 0 Å². The lowest BCUT2D eigenvalue weighted by Gasteiger charge is -2.41. The standard InChI is InChI=1S/C39H27NO2/c1-39(2)31-11-5-6-12-33(31)40(37-32(39)21-20-29-27-9-3-8-14-35(27)42-38(29)37)26-18-15-24(16-19-26)25-17-22-36-30(23-25)28-10-4-7-13-34(28)41-36/h3-23H,1-2H3. The van der Waals surface area contributed by atoms with Gasteiger partial charge in [0, 0.05) is 32.6 Å². The third-order valence-electron chi connectivity index (χ3n) is 9.07. The maximum absolute atomic E-state index is 6.62. The normalized spacial score (nSPS) is 14.1. The molecule has 0 atom stereocenters. The van der Waals surface area contributed by atoms with E-state index in [0.717, 1.165) is 55.3 Å². The Bertz CT molecular complexity index is 2340. The summed E-state index contributed by atoms with van der Waals surface area (Å²) in [6.45, 7) is 4.63. The fourth-order valence-electron chi connectivity index (χ4n) is 6.94. The highest BCUT2D eigenvalue weighted by Crippen LogP contribution is 2.55. The van der Waals surface area contributed by atoms with E-state index in [9.17, 15) is 0 Å². The molecule has 9 rings (SSSR count). The Morgan fingerprint density at radius 1 is 0.500 bits per heavy atom. The maximum Gasteiger partial charge on any atom is 0.159 e. The van der Waals surface area contributed by atoms with E-state index in [4.69, 9.17) is 8.83 Å². The van der Waals surface area contributed by atoms with Crippen LogP contribution in [0.2, 0.25) is 0 Å². The van der Waals surface area contributed by atoms with Crippen LogP contribution in [0.25, 0.3) is 55.0 Å². The molecule has 3 heterocycles. The van der Waals surface area contributed by atoms with Crippen LogP contribution in [0.5, 0.6) is 0 Å².